The van der Waals surface area contributed by atoms with Gasteiger partial charge in [-0.1, -0.05) is 40.5 Å². The van der Waals surface area contributed by atoms with Crippen LogP contribution in [0.25, 0.3) is 0 Å². The van der Waals surface area contributed by atoms with E-state index in [2.05, 4.69) is 53.1 Å². The van der Waals surface area contributed by atoms with Gasteiger partial charge in [0.15, 0.2) is 0 Å². The number of rotatable bonds is 9. The summed E-state index contributed by atoms with van der Waals surface area (Å²) in [5, 5.41) is 4.34. The molecular formula is C16H26BrClN2O. The molecule has 0 bridgehead atoms. The first-order chi connectivity index (χ1) is 9.99. The molecule has 0 radical (unpaired) electrons. The summed E-state index contributed by atoms with van der Waals surface area (Å²) in [5.41, 5.74) is 1.16. The summed E-state index contributed by atoms with van der Waals surface area (Å²) < 4.78 is 6.22. The molecule has 5 heteroatoms. The Bertz CT molecular complexity index is 431. The maximum absolute atomic E-state index is 6.38. The molecule has 1 rings (SSSR count). The van der Waals surface area contributed by atoms with E-state index < -0.39 is 0 Å². The molecular weight excluding hydrogens is 352 g/mol. The van der Waals surface area contributed by atoms with Gasteiger partial charge in [0.2, 0.25) is 0 Å². The van der Waals surface area contributed by atoms with E-state index in [9.17, 15) is 0 Å². The van der Waals surface area contributed by atoms with Crippen molar-refractivity contribution in [3.63, 3.8) is 0 Å². The molecule has 1 N–H and O–H groups in total. The third-order valence-corrected chi connectivity index (χ3v) is 4.54. The minimum atomic E-state index is 0.271. The molecule has 0 saturated carbocycles. The average Bonchev–Trinajstić information content (AvgIpc) is 2.44. The Morgan fingerprint density at radius 1 is 1.43 bits per heavy atom. The number of hydrogen-bond acceptors (Lipinski definition) is 3. The second-order valence-corrected chi connectivity index (χ2v) is 6.67. The molecule has 2 atom stereocenters. The second kappa shape index (κ2) is 9.80. The highest BCUT2D eigenvalue weighted by atomic mass is 79.9. The molecule has 2 unspecified atom stereocenters. The molecule has 0 spiro atoms. The molecule has 0 aromatic heterocycles. The fourth-order valence-electron chi connectivity index (χ4n) is 2.32. The van der Waals surface area contributed by atoms with Crippen molar-refractivity contribution in [1.82, 2.24) is 10.2 Å². The van der Waals surface area contributed by atoms with E-state index in [1.807, 2.05) is 12.1 Å². The van der Waals surface area contributed by atoms with E-state index in [4.69, 9.17) is 16.3 Å². The zero-order valence-corrected chi connectivity index (χ0v) is 15.7. The highest BCUT2D eigenvalue weighted by Gasteiger charge is 2.16. The standard InChI is InChI=1S/C16H26BrClN2O/c1-5-19-16(8-9-20(3)12(2)11-21-4)14-7-6-13(17)10-15(14)18/h6-7,10,12,16,19H,5,8-9,11H2,1-4H3. The highest BCUT2D eigenvalue weighted by molar-refractivity contribution is 9.10. The van der Waals surface area contributed by atoms with E-state index in [-0.39, 0.29) is 6.04 Å². The lowest BCUT2D eigenvalue weighted by atomic mass is 10.0. The minimum absolute atomic E-state index is 0.271. The first kappa shape index (κ1) is 18.9. The van der Waals surface area contributed by atoms with E-state index in [1.54, 1.807) is 7.11 Å². The summed E-state index contributed by atoms with van der Waals surface area (Å²) in [4.78, 5) is 2.32. The first-order valence-corrected chi connectivity index (χ1v) is 8.54. The van der Waals surface area contributed by atoms with Crippen molar-refractivity contribution >= 4 is 27.5 Å². The summed E-state index contributed by atoms with van der Waals surface area (Å²) in [5.74, 6) is 0. The largest absolute Gasteiger partial charge is 0.383 e. The molecule has 1 aromatic rings. The summed E-state index contributed by atoms with van der Waals surface area (Å²) in [6.45, 7) is 6.97. The maximum atomic E-state index is 6.38. The van der Waals surface area contributed by atoms with Crippen LogP contribution in [0.5, 0.6) is 0 Å². The summed E-state index contributed by atoms with van der Waals surface area (Å²) in [7, 11) is 3.88. The van der Waals surface area contributed by atoms with Crippen LogP contribution in [0.1, 0.15) is 31.9 Å². The zero-order valence-electron chi connectivity index (χ0n) is 13.3. The van der Waals surface area contributed by atoms with E-state index in [1.165, 1.54) is 0 Å². The van der Waals surface area contributed by atoms with Crippen molar-refractivity contribution < 1.29 is 4.74 Å². The van der Waals surface area contributed by atoms with Gasteiger partial charge in [-0.05, 0) is 44.6 Å². The van der Waals surface area contributed by atoms with Crippen LogP contribution in [-0.2, 0) is 4.74 Å². The number of hydrogen-bond donors (Lipinski definition) is 1. The van der Waals surface area contributed by atoms with Crippen molar-refractivity contribution in [2.45, 2.75) is 32.4 Å². The number of likely N-dealkylation sites (N-methyl/N-ethyl adjacent to an activating group) is 1. The van der Waals surface area contributed by atoms with Crippen molar-refractivity contribution in [2.24, 2.45) is 0 Å². The van der Waals surface area contributed by atoms with Gasteiger partial charge in [-0.2, -0.15) is 0 Å². The molecule has 0 aliphatic heterocycles. The Hall–Kier alpha value is -0.130. The molecule has 0 heterocycles. The Balaban J connectivity index is 2.69. The van der Waals surface area contributed by atoms with Gasteiger partial charge in [-0.3, -0.25) is 0 Å². The third kappa shape index (κ3) is 6.25. The Kier molecular flexibility index (Phi) is 8.83. The number of halogens is 2. The SMILES string of the molecule is CCNC(CCN(C)C(C)COC)c1ccc(Br)cc1Cl. The van der Waals surface area contributed by atoms with E-state index in [0.717, 1.165) is 41.2 Å². The van der Waals surface area contributed by atoms with Crippen LogP contribution < -0.4 is 5.32 Å². The van der Waals surface area contributed by atoms with Crippen molar-refractivity contribution in [3.8, 4) is 0 Å². The number of methoxy groups -OCH3 is 1. The van der Waals surface area contributed by atoms with Gasteiger partial charge >= 0.3 is 0 Å². The van der Waals surface area contributed by atoms with Gasteiger partial charge in [-0.25, -0.2) is 0 Å². The van der Waals surface area contributed by atoms with Crippen LogP contribution in [0.3, 0.4) is 0 Å². The van der Waals surface area contributed by atoms with Gasteiger partial charge in [0.1, 0.15) is 0 Å². The molecule has 1 aromatic carbocycles. The molecule has 0 fully saturated rings. The third-order valence-electron chi connectivity index (χ3n) is 3.72. The number of benzene rings is 1. The minimum Gasteiger partial charge on any atom is -0.383 e. The lowest BCUT2D eigenvalue weighted by molar-refractivity contribution is 0.113. The number of nitrogens with zero attached hydrogens (tertiary/aromatic N) is 1. The Morgan fingerprint density at radius 2 is 2.14 bits per heavy atom. The summed E-state index contributed by atoms with van der Waals surface area (Å²) in [6, 6.07) is 6.78. The van der Waals surface area contributed by atoms with Gasteiger partial charge in [0, 0.05) is 35.2 Å². The Morgan fingerprint density at radius 3 is 2.71 bits per heavy atom. The molecule has 0 aliphatic carbocycles. The lowest BCUT2D eigenvalue weighted by Gasteiger charge is -2.27. The monoisotopic (exact) mass is 376 g/mol. The molecule has 0 aliphatic rings. The summed E-state index contributed by atoms with van der Waals surface area (Å²) in [6.07, 6.45) is 1.01. The van der Waals surface area contributed by atoms with E-state index in [0.29, 0.717) is 6.04 Å². The smallest absolute Gasteiger partial charge is 0.0615 e. The molecule has 3 nitrogen and oxygen atoms in total. The maximum Gasteiger partial charge on any atom is 0.0615 e. The number of nitrogens with one attached hydrogen (secondary N) is 1. The average molecular weight is 378 g/mol. The van der Waals surface area contributed by atoms with Gasteiger partial charge < -0.3 is 15.0 Å². The van der Waals surface area contributed by atoms with Crippen LogP contribution in [0.15, 0.2) is 22.7 Å². The van der Waals surface area contributed by atoms with Crippen molar-refractivity contribution in [3.05, 3.63) is 33.3 Å². The molecule has 0 amide bonds. The Labute approximate surface area is 142 Å². The fraction of sp³-hybridized carbons (Fsp3) is 0.625. The lowest BCUT2D eigenvalue weighted by Crippen LogP contribution is -2.35. The molecule has 120 valence electrons. The highest BCUT2D eigenvalue weighted by Crippen LogP contribution is 2.28. The van der Waals surface area contributed by atoms with Crippen LogP contribution in [0, 0.1) is 0 Å². The fourth-order valence-corrected chi connectivity index (χ4v) is 3.12. The predicted molar refractivity (Wildman–Crippen MR) is 94.2 cm³/mol. The zero-order chi connectivity index (χ0) is 15.8. The van der Waals surface area contributed by atoms with Crippen LogP contribution in [0.2, 0.25) is 5.02 Å². The van der Waals surface area contributed by atoms with Crippen molar-refractivity contribution in [1.29, 1.82) is 0 Å². The van der Waals surface area contributed by atoms with Crippen LogP contribution in [-0.4, -0.2) is 44.8 Å². The predicted octanol–water partition coefficient (Wildman–Crippen LogP) is 4.11. The van der Waals surface area contributed by atoms with Crippen LogP contribution >= 0.6 is 27.5 Å². The first-order valence-electron chi connectivity index (χ1n) is 7.37. The molecule has 0 saturated heterocycles. The second-order valence-electron chi connectivity index (χ2n) is 5.35. The number of ether oxygens (including phenoxy) is 1. The van der Waals surface area contributed by atoms with Gasteiger partial charge in [-0.15, -0.1) is 0 Å². The topological polar surface area (TPSA) is 24.5 Å². The van der Waals surface area contributed by atoms with Gasteiger partial charge in [0.25, 0.3) is 0 Å². The van der Waals surface area contributed by atoms with Crippen LogP contribution in [0.4, 0.5) is 0 Å². The van der Waals surface area contributed by atoms with Gasteiger partial charge in [0.05, 0.1) is 6.61 Å². The molecule has 21 heavy (non-hydrogen) atoms. The quantitative estimate of drug-likeness (QED) is 0.701. The summed E-state index contributed by atoms with van der Waals surface area (Å²) >= 11 is 9.84. The van der Waals surface area contributed by atoms with E-state index >= 15 is 0 Å². The normalized spacial score (nSPS) is 14.4. The van der Waals surface area contributed by atoms with Crippen molar-refractivity contribution in [2.75, 3.05) is 33.9 Å².